The number of nitrogens with zero attached hydrogens (tertiary/aromatic N) is 3. The number of carbonyl (C=O) groups is 1. The standard InChI is InChI=1S/C26H28N4O5/c1-17-24(25(31)35-19-11-9-18(27)10-12-19)30-23(28-17)14-13-21(29-30)20-7-4-5-8-22(20)33-15-6-16-34-26(2,3)32/h4-5,7-14,32H,6,15-16,27H2,1-3H3. The summed E-state index contributed by atoms with van der Waals surface area (Å²) in [6.45, 7) is 5.67. The van der Waals surface area contributed by atoms with Crippen molar-refractivity contribution in [1.29, 1.82) is 0 Å². The number of esters is 1. The van der Waals surface area contributed by atoms with Gasteiger partial charge in [0.1, 0.15) is 11.5 Å². The Balaban J connectivity index is 1.57. The van der Waals surface area contributed by atoms with Gasteiger partial charge in [-0.2, -0.15) is 5.10 Å². The van der Waals surface area contributed by atoms with Gasteiger partial charge < -0.3 is 25.1 Å². The van der Waals surface area contributed by atoms with Crippen molar-refractivity contribution in [3.8, 4) is 22.8 Å². The van der Waals surface area contributed by atoms with Crippen LogP contribution in [0.2, 0.25) is 0 Å². The molecule has 3 N–H and O–H groups in total. The summed E-state index contributed by atoms with van der Waals surface area (Å²) in [5, 5.41) is 14.3. The van der Waals surface area contributed by atoms with Crippen LogP contribution in [0.3, 0.4) is 0 Å². The highest BCUT2D eigenvalue weighted by atomic mass is 16.6. The quantitative estimate of drug-likeness (QED) is 0.122. The van der Waals surface area contributed by atoms with Gasteiger partial charge in [-0.05, 0) is 69.3 Å². The number of carbonyl (C=O) groups excluding carboxylic acids is 1. The molecule has 0 aliphatic rings. The summed E-state index contributed by atoms with van der Waals surface area (Å²) in [6, 6.07) is 17.7. The molecule has 0 fully saturated rings. The number of aliphatic hydroxyl groups is 1. The van der Waals surface area contributed by atoms with Crippen LogP contribution < -0.4 is 15.2 Å². The monoisotopic (exact) mass is 476 g/mol. The number of hydrogen-bond acceptors (Lipinski definition) is 8. The van der Waals surface area contributed by atoms with E-state index in [1.54, 1.807) is 51.1 Å². The Morgan fingerprint density at radius 1 is 1.06 bits per heavy atom. The van der Waals surface area contributed by atoms with Crippen LogP contribution in [-0.2, 0) is 4.74 Å². The van der Waals surface area contributed by atoms with Crippen molar-refractivity contribution in [2.75, 3.05) is 18.9 Å². The van der Waals surface area contributed by atoms with Gasteiger partial charge in [0.2, 0.25) is 0 Å². The van der Waals surface area contributed by atoms with Gasteiger partial charge in [-0.1, -0.05) is 12.1 Å². The fraction of sp³-hybridized carbons (Fsp3) is 0.269. The fourth-order valence-electron chi connectivity index (χ4n) is 3.48. The summed E-state index contributed by atoms with van der Waals surface area (Å²) in [4.78, 5) is 17.4. The first-order valence-electron chi connectivity index (χ1n) is 11.2. The van der Waals surface area contributed by atoms with Gasteiger partial charge in [-0.25, -0.2) is 14.3 Å². The number of benzene rings is 2. The summed E-state index contributed by atoms with van der Waals surface area (Å²) in [7, 11) is 0. The van der Waals surface area contributed by atoms with Gasteiger partial charge >= 0.3 is 5.97 Å². The van der Waals surface area contributed by atoms with Crippen LogP contribution in [0.1, 0.15) is 36.5 Å². The number of nitrogens with two attached hydrogens (primary N) is 1. The van der Waals surface area contributed by atoms with E-state index in [1.807, 2.05) is 30.3 Å². The zero-order valence-corrected chi connectivity index (χ0v) is 19.9. The first-order valence-corrected chi connectivity index (χ1v) is 11.2. The Morgan fingerprint density at radius 2 is 1.80 bits per heavy atom. The van der Waals surface area contributed by atoms with E-state index in [4.69, 9.17) is 19.9 Å². The minimum absolute atomic E-state index is 0.237. The Hall–Kier alpha value is -3.95. The molecule has 4 rings (SSSR count). The molecule has 9 nitrogen and oxygen atoms in total. The molecule has 0 saturated heterocycles. The second-order valence-corrected chi connectivity index (χ2v) is 8.49. The number of aryl methyl sites for hydroxylation is 1. The van der Waals surface area contributed by atoms with E-state index in [2.05, 4.69) is 10.1 Å². The van der Waals surface area contributed by atoms with E-state index in [0.29, 0.717) is 53.9 Å². The van der Waals surface area contributed by atoms with Crippen LogP contribution in [0, 0.1) is 6.92 Å². The van der Waals surface area contributed by atoms with Gasteiger partial charge in [0, 0.05) is 17.7 Å². The maximum Gasteiger partial charge on any atom is 0.364 e. The Bertz CT molecular complexity index is 1330. The minimum Gasteiger partial charge on any atom is -0.493 e. The molecule has 9 heteroatoms. The highest BCUT2D eigenvalue weighted by Crippen LogP contribution is 2.29. The molecule has 0 unspecified atom stereocenters. The third-order valence-corrected chi connectivity index (χ3v) is 5.10. The average Bonchev–Trinajstić information content (AvgIpc) is 3.15. The van der Waals surface area contributed by atoms with Gasteiger partial charge in [-0.15, -0.1) is 0 Å². The number of hydrogen-bond donors (Lipinski definition) is 2. The van der Waals surface area contributed by atoms with Crippen molar-refractivity contribution < 1.29 is 24.1 Å². The molecule has 2 aromatic carbocycles. The zero-order chi connectivity index (χ0) is 25.0. The van der Waals surface area contributed by atoms with Crippen molar-refractivity contribution in [2.24, 2.45) is 0 Å². The molecular weight excluding hydrogens is 448 g/mol. The molecular formula is C26H28N4O5. The lowest BCUT2D eigenvalue weighted by Crippen LogP contribution is -2.24. The normalized spacial score (nSPS) is 11.5. The SMILES string of the molecule is Cc1nc2ccc(-c3ccccc3OCCCOC(C)(C)O)nn2c1C(=O)Oc1ccc(N)cc1. The Labute approximate surface area is 203 Å². The number of nitrogen functional groups attached to an aromatic ring is 1. The number of imidazole rings is 1. The molecule has 0 amide bonds. The second kappa shape index (κ2) is 10.1. The number of ether oxygens (including phenoxy) is 3. The van der Waals surface area contributed by atoms with Crippen LogP contribution in [-0.4, -0.2) is 44.7 Å². The van der Waals surface area contributed by atoms with Crippen LogP contribution in [0.5, 0.6) is 11.5 Å². The van der Waals surface area contributed by atoms with Crippen molar-refractivity contribution in [1.82, 2.24) is 14.6 Å². The molecule has 4 aromatic rings. The van der Waals surface area contributed by atoms with Crippen LogP contribution in [0.25, 0.3) is 16.9 Å². The molecule has 0 aliphatic heterocycles. The van der Waals surface area contributed by atoms with Gasteiger partial charge in [-0.3, -0.25) is 0 Å². The lowest BCUT2D eigenvalue weighted by molar-refractivity contribution is -0.176. The summed E-state index contributed by atoms with van der Waals surface area (Å²) < 4.78 is 18.3. The van der Waals surface area contributed by atoms with Crippen molar-refractivity contribution in [3.05, 3.63) is 72.1 Å². The highest BCUT2D eigenvalue weighted by molar-refractivity contribution is 5.91. The van der Waals surface area contributed by atoms with Crippen LogP contribution in [0.4, 0.5) is 5.69 Å². The Kier molecular flexibility index (Phi) is 6.99. The number of fused-ring (bicyclic) bond motifs is 1. The lowest BCUT2D eigenvalue weighted by Gasteiger charge is -2.18. The molecule has 0 radical (unpaired) electrons. The summed E-state index contributed by atoms with van der Waals surface area (Å²) in [6.07, 6.45) is 0.604. The summed E-state index contributed by atoms with van der Waals surface area (Å²) >= 11 is 0. The van der Waals surface area contributed by atoms with E-state index >= 15 is 0 Å². The predicted octanol–water partition coefficient (Wildman–Crippen LogP) is 4.02. The fourth-order valence-corrected chi connectivity index (χ4v) is 3.48. The van der Waals surface area contributed by atoms with E-state index in [-0.39, 0.29) is 5.69 Å². The predicted molar refractivity (Wildman–Crippen MR) is 131 cm³/mol. The maximum atomic E-state index is 13.0. The average molecular weight is 477 g/mol. The van der Waals surface area contributed by atoms with Gasteiger partial charge in [0.25, 0.3) is 0 Å². The molecule has 2 heterocycles. The van der Waals surface area contributed by atoms with Crippen molar-refractivity contribution in [3.63, 3.8) is 0 Å². The largest absolute Gasteiger partial charge is 0.493 e. The first-order chi connectivity index (χ1) is 16.7. The molecule has 2 aromatic heterocycles. The van der Waals surface area contributed by atoms with E-state index in [1.165, 1.54) is 4.52 Å². The van der Waals surface area contributed by atoms with Crippen molar-refractivity contribution in [2.45, 2.75) is 33.0 Å². The minimum atomic E-state index is -1.17. The van der Waals surface area contributed by atoms with Crippen LogP contribution >= 0.6 is 0 Å². The molecule has 0 atom stereocenters. The first kappa shape index (κ1) is 24.2. The zero-order valence-electron chi connectivity index (χ0n) is 19.9. The topological polar surface area (TPSA) is 121 Å². The molecule has 0 saturated carbocycles. The van der Waals surface area contributed by atoms with E-state index < -0.39 is 11.8 Å². The molecule has 0 aliphatic carbocycles. The van der Waals surface area contributed by atoms with E-state index in [9.17, 15) is 9.90 Å². The van der Waals surface area contributed by atoms with Gasteiger partial charge in [0.15, 0.2) is 17.1 Å². The lowest BCUT2D eigenvalue weighted by atomic mass is 10.1. The van der Waals surface area contributed by atoms with Gasteiger partial charge in [0.05, 0.1) is 24.6 Å². The molecule has 182 valence electrons. The highest BCUT2D eigenvalue weighted by Gasteiger charge is 2.21. The smallest absolute Gasteiger partial charge is 0.364 e. The number of rotatable bonds is 9. The number of anilines is 1. The number of para-hydroxylation sites is 1. The summed E-state index contributed by atoms with van der Waals surface area (Å²) in [5.74, 6) is -0.722. The third-order valence-electron chi connectivity index (χ3n) is 5.10. The maximum absolute atomic E-state index is 13.0. The Morgan fingerprint density at radius 3 is 2.54 bits per heavy atom. The summed E-state index contributed by atoms with van der Waals surface area (Å²) in [5.41, 5.74) is 8.93. The van der Waals surface area contributed by atoms with Crippen LogP contribution in [0.15, 0.2) is 60.7 Å². The molecule has 0 bridgehead atoms. The number of aromatic nitrogens is 3. The third kappa shape index (κ3) is 5.95. The second-order valence-electron chi connectivity index (χ2n) is 8.49. The van der Waals surface area contributed by atoms with E-state index in [0.717, 1.165) is 5.56 Å². The van der Waals surface area contributed by atoms with Crippen molar-refractivity contribution >= 4 is 17.3 Å². The molecule has 0 spiro atoms. The molecule has 35 heavy (non-hydrogen) atoms.